The number of nitrogens with zero attached hydrogens (tertiary/aromatic N) is 4. The van der Waals surface area contributed by atoms with Crippen molar-refractivity contribution in [3.63, 3.8) is 0 Å². The largest absolute Gasteiger partial charge is 0.498 e. The molecule has 2 aromatic heterocycles. The molecule has 0 spiro atoms. The summed E-state index contributed by atoms with van der Waals surface area (Å²) in [7, 11) is -0.480. The lowest BCUT2D eigenvalue weighted by atomic mass is 9.81. The Balaban J connectivity index is 1.72. The van der Waals surface area contributed by atoms with Crippen molar-refractivity contribution >= 4 is 18.2 Å². The van der Waals surface area contributed by atoms with Gasteiger partial charge in [0.1, 0.15) is 0 Å². The maximum Gasteiger partial charge on any atom is 0.498 e. The average molecular weight is 346 g/mol. The zero-order chi connectivity index (χ0) is 18.5. The summed E-state index contributed by atoms with van der Waals surface area (Å²) in [5.41, 5.74) is 3.13. The van der Waals surface area contributed by atoms with Gasteiger partial charge in [-0.15, -0.1) is 0 Å². The summed E-state index contributed by atoms with van der Waals surface area (Å²) in [5, 5.41) is 13.5. The topological polar surface area (TPSA) is 72.4 Å². The van der Waals surface area contributed by atoms with Crippen molar-refractivity contribution in [2.75, 3.05) is 0 Å². The summed E-state index contributed by atoms with van der Waals surface area (Å²) in [5.74, 6) is 0. The van der Waals surface area contributed by atoms with Crippen LogP contribution in [0, 0.1) is 11.3 Å². The zero-order valence-electron chi connectivity index (χ0n) is 15.2. The Labute approximate surface area is 152 Å². The van der Waals surface area contributed by atoms with E-state index in [1.54, 1.807) is 23.0 Å². The van der Waals surface area contributed by atoms with Gasteiger partial charge in [-0.05, 0) is 45.4 Å². The fraction of sp³-hybridized carbons (Fsp3) is 0.316. The van der Waals surface area contributed by atoms with Crippen LogP contribution >= 0.6 is 0 Å². The molecule has 7 heteroatoms. The maximum atomic E-state index is 9.10. The molecule has 1 fully saturated rings. The number of aromatic nitrogens is 3. The van der Waals surface area contributed by atoms with E-state index < -0.39 is 18.3 Å². The Bertz CT molecular complexity index is 1020. The van der Waals surface area contributed by atoms with Crippen molar-refractivity contribution in [1.82, 2.24) is 14.6 Å². The lowest BCUT2D eigenvalue weighted by Gasteiger charge is -2.32. The van der Waals surface area contributed by atoms with E-state index in [-0.39, 0.29) is 0 Å². The predicted molar refractivity (Wildman–Crippen MR) is 98.9 cm³/mol. The summed E-state index contributed by atoms with van der Waals surface area (Å²) < 4.78 is 13.9. The molecule has 0 radical (unpaired) electrons. The van der Waals surface area contributed by atoms with Crippen LogP contribution in [-0.4, -0.2) is 32.9 Å². The van der Waals surface area contributed by atoms with Crippen LogP contribution in [0.3, 0.4) is 0 Å². The van der Waals surface area contributed by atoms with Crippen LogP contribution in [0.1, 0.15) is 33.3 Å². The summed E-state index contributed by atoms with van der Waals surface area (Å²) in [4.78, 5) is 4.57. The van der Waals surface area contributed by atoms with Crippen molar-refractivity contribution in [3.05, 3.63) is 48.4 Å². The Kier molecular flexibility index (Phi) is 3.65. The highest BCUT2D eigenvalue weighted by Crippen LogP contribution is 2.36. The molecule has 1 saturated heterocycles. The second kappa shape index (κ2) is 5.66. The van der Waals surface area contributed by atoms with E-state index in [1.807, 2.05) is 52.1 Å². The first-order chi connectivity index (χ1) is 12.3. The predicted octanol–water partition coefficient (Wildman–Crippen LogP) is 2.57. The molecule has 1 aliphatic rings. The monoisotopic (exact) mass is 346 g/mol. The van der Waals surface area contributed by atoms with E-state index in [1.165, 1.54) is 0 Å². The highest BCUT2D eigenvalue weighted by atomic mass is 16.7. The van der Waals surface area contributed by atoms with Gasteiger partial charge < -0.3 is 9.31 Å². The van der Waals surface area contributed by atoms with Gasteiger partial charge in [0.2, 0.25) is 0 Å². The molecule has 4 rings (SSSR count). The molecule has 0 unspecified atom stereocenters. The number of nitriles is 1. The third-order valence-electron chi connectivity index (χ3n) is 5.20. The van der Waals surface area contributed by atoms with Gasteiger partial charge in [0.15, 0.2) is 5.65 Å². The first-order valence-corrected chi connectivity index (χ1v) is 8.50. The molecule has 1 aromatic carbocycles. The quantitative estimate of drug-likeness (QED) is 0.667. The van der Waals surface area contributed by atoms with E-state index >= 15 is 0 Å². The Morgan fingerprint density at radius 2 is 1.85 bits per heavy atom. The van der Waals surface area contributed by atoms with Crippen LogP contribution in [0.15, 0.2) is 42.9 Å². The van der Waals surface area contributed by atoms with Gasteiger partial charge in [0.25, 0.3) is 0 Å². The zero-order valence-corrected chi connectivity index (χ0v) is 15.2. The number of rotatable bonds is 2. The number of hydrogen-bond acceptors (Lipinski definition) is 5. The van der Waals surface area contributed by atoms with Crippen molar-refractivity contribution < 1.29 is 9.31 Å². The lowest BCUT2D eigenvalue weighted by Crippen LogP contribution is -2.41. The molecule has 3 aromatic rings. The molecule has 6 nitrogen and oxygen atoms in total. The Hall–Kier alpha value is -2.69. The van der Waals surface area contributed by atoms with Crippen LogP contribution in [-0.2, 0) is 9.31 Å². The molecule has 0 atom stereocenters. The highest BCUT2D eigenvalue weighted by Gasteiger charge is 2.52. The number of fused-ring (bicyclic) bond motifs is 1. The van der Waals surface area contributed by atoms with E-state index in [2.05, 4.69) is 16.2 Å². The normalized spacial score (nSPS) is 18.2. The van der Waals surface area contributed by atoms with Crippen LogP contribution in [0.5, 0.6) is 0 Å². The van der Waals surface area contributed by atoms with Crippen LogP contribution in [0.2, 0.25) is 0 Å². The molecule has 0 N–H and O–H groups in total. The summed E-state index contributed by atoms with van der Waals surface area (Å²) in [6.07, 6.45) is 5.39. The van der Waals surface area contributed by atoms with Gasteiger partial charge in [0, 0.05) is 23.4 Å². The summed E-state index contributed by atoms with van der Waals surface area (Å²) in [6.45, 7) is 8.08. The van der Waals surface area contributed by atoms with Gasteiger partial charge >= 0.3 is 7.12 Å². The molecular formula is C19H19BN4O2. The van der Waals surface area contributed by atoms with Gasteiger partial charge in [-0.25, -0.2) is 9.50 Å². The average Bonchev–Trinajstić information content (AvgIpc) is 3.12. The second-order valence-electron chi connectivity index (χ2n) is 7.49. The van der Waals surface area contributed by atoms with E-state index in [0.717, 1.165) is 22.2 Å². The smallest absolute Gasteiger partial charge is 0.399 e. The van der Waals surface area contributed by atoms with E-state index in [4.69, 9.17) is 14.6 Å². The highest BCUT2D eigenvalue weighted by molar-refractivity contribution is 6.61. The molecule has 0 saturated carbocycles. The molecular weight excluding hydrogens is 327 g/mol. The minimum Gasteiger partial charge on any atom is -0.399 e. The second-order valence-corrected chi connectivity index (χ2v) is 7.49. The Morgan fingerprint density at radius 1 is 1.12 bits per heavy atom. The molecule has 0 aliphatic carbocycles. The fourth-order valence-corrected chi connectivity index (χ4v) is 2.95. The fourth-order valence-electron chi connectivity index (χ4n) is 2.95. The van der Waals surface area contributed by atoms with E-state index in [9.17, 15) is 0 Å². The molecule has 26 heavy (non-hydrogen) atoms. The van der Waals surface area contributed by atoms with Crippen LogP contribution < -0.4 is 5.46 Å². The first-order valence-electron chi connectivity index (χ1n) is 8.50. The standard InChI is InChI=1S/C19H19BN4O2/c1-18(2)19(3,4)26-20(25-18)15-10-22-17-16(11-23-24(17)12-15)14-7-5-6-13(8-14)9-21/h5-8,10-12H,1-4H3. The summed E-state index contributed by atoms with van der Waals surface area (Å²) >= 11 is 0. The minimum absolute atomic E-state index is 0.403. The number of benzene rings is 1. The molecule has 130 valence electrons. The first kappa shape index (κ1) is 16.8. The Morgan fingerprint density at radius 3 is 2.54 bits per heavy atom. The minimum atomic E-state index is -0.480. The van der Waals surface area contributed by atoms with E-state index in [0.29, 0.717) is 5.56 Å². The lowest BCUT2D eigenvalue weighted by molar-refractivity contribution is 0.00578. The van der Waals surface area contributed by atoms with Crippen molar-refractivity contribution in [1.29, 1.82) is 5.26 Å². The van der Waals surface area contributed by atoms with Crippen molar-refractivity contribution in [2.45, 2.75) is 38.9 Å². The van der Waals surface area contributed by atoms with Gasteiger partial charge in [-0.2, -0.15) is 10.4 Å². The van der Waals surface area contributed by atoms with Crippen molar-refractivity contribution in [2.24, 2.45) is 0 Å². The van der Waals surface area contributed by atoms with Gasteiger partial charge in [0.05, 0.1) is 29.0 Å². The van der Waals surface area contributed by atoms with Crippen LogP contribution in [0.4, 0.5) is 0 Å². The molecule has 3 heterocycles. The molecule has 1 aliphatic heterocycles. The summed E-state index contributed by atoms with van der Waals surface area (Å²) in [6, 6.07) is 9.57. The van der Waals surface area contributed by atoms with Gasteiger partial charge in [-0.1, -0.05) is 12.1 Å². The maximum absolute atomic E-state index is 9.10. The van der Waals surface area contributed by atoms with Crippen molar-refractivity contribution in [3.8, 4) is 17.2 Å². The van der Waals surface area contributed by atoms with Gasteiger partial charge in [-0.3, -0.25) is 0 Å². The number of hydrogen-bond donors (Lipinski definition) is 0. The third kappa shape index (κ3) is 2.59. The van der Waals surface area contributed by atoms with Crippen LogP contribution in [0.25, 0.3) is 16.8 Å². The third-order valence-corrected chi connectivity index (χ3v) is 5.20. The molecule has 0 bridgehead atoms. The molecule has 0 amide bonds. The SMILES string of the molecule is CC1(C)OB(c2cnc3c(-c4cccc(C#N)c4)cnn3c2)OC1(C)C.